The lowest BCUT2D eigenvalue weighted by atomic mass is 10.1. The van der Waals surface area contributed by atoms with Crippen molar-refractivity contribution in [3.63, 3.8) is 0 Å². The highest BCUT2D eigenvalue weighted by Gasteiger charge is 2.31. The zero-order chi connectivity index (χ0) is 29.2. The van der Waals surface area contributed by atoms with E-state index < -0.39 is 35.5 Å². The summed E-state index contributed by atoms with van der Waals surface area (Å²) in [6.45, 7) is 7.14. The Morgan fingerprint density at radius 2 is 1.64 bits per heavy atom. The predicted octanol–water partition coefficient (Wildman–Crippen LogP) is 6.70. The molecule has 3 amide bonds. The number of benzene rings is 2. The van der Waals surface area contributed by atoms with E-state index in [1.807, 2.05) is 0 Å². The Bertz CT molecular complexity index is 1230. The number of urea groups is 1. The summed E-state index contributed by atoms with van der Waals surface area (Å²) in [6, 6.07) is 7.09. The van der Waals surface area contributed by atoms with Crippen LogP contribution in [0.1, 0.15) is 23.1 Å². The highest BCUT2D eigenvalue weighted by Crippen LogP contribution is 2.32. The number of hydrogen-bond donors (Lipinski definition) is 1. The maximum atomic E-state index is 13.2. The Hall–Kier alpha value is -4.35. The Morgan fingerprint density at radius 3 is 2.18 bits per heavy atom. The van der Waals surface area contributed by atoms with E-state index in [0.717, 1.165) is 52.9 Å². The third kappa shape index (κ3) is 9.47. The Morgan fingerprint density at radius 1 is 1.00 bits per heavy atom. The molecule has 2 rings (SSSR count). The van der Waals surface area contributed by atoms with Gasteiger partial charge in [0.25, 0.3) is 0 Å². The van der Waals surface area contributed by atoms with Crippen LogP contribution in [-0.2, 0) is 23.7 Å². The molecule has 12 heteroatoms. The molecule has 0 radical (unpaired) electrons. The van der Waals surface area contributed by atoms with E-state index in [-0.39, 0.29) is 30.8 Å². The van der Waals surface area contributed by atoms with Gasteiger partial charge in [-0.3, -0.25) is 15.0 Å². The van der Waals surface area contributed by atoms with Crippen LogP contribution in [-0.4, -0.2) is 41.8 Å². The van der Waals surface area contributed by atoms with E-state index in [2.05, 4.69) is 23.5 Å². The van der Waals surface area contributed by atoms with Crippen molar-refractivity contribution in [2.75, 3.05) is 13.6 Å². The fourth-order valence-corrected chi connectivity index (χ4v) is 3.19. The van der Waals surface area contributed by atoms with Crippen molar-refractivity contribution in [3.05, 3.63) is 102 Å². The SMILES string of the molecule is C=C/C=C(\C=C)CCN(C)C(=O)NC(=Nc1cccc(C(F)(F)F)c1)N(C=O)Cc1ccc(C(F)(F)F)cc1. The second kappa shape index (κ2) is 13.4. The van der Waals surface area contributed by atoms with E-state index >= 15 is 0 Å². The van der Waals surface area contributed by atoms with E-state index in [4.69, 9.17) is 0 Å². The Kier molecular flexibility index (Phi) is 10.6. The number of nitrogens with zero attached hydrogens (tertiary/aromatic N) is 3. The van der Waals surface area contributed by atoms with Crippen molar-refractivity contribution in [2.45, 2.75) is 25.3 Å². The van der Waals surface area contributed by atoms with Crippen molar-refractivity contribution < 1.29 is 35.9 Å². The molecule has 2 aromatic rings. The van der Waals surface area contributed by atoms with Crippen LogP contribution in [0.2, 0.25) is 0 Å². The first-order chi connectivity index (χ1) is 18.3. The molecule has 0 heterocycles. The molecule has 0 aliphatic heterocycles. The predicted molar refractivity (Wildman–Crippen MR) is 136 cm³/mol. The molecular weight excluding hydrogens is 526 g/mol. The van der Waals surface area contributed by atoms with Gasteiger partial charge in [0.1, 0.15) is 0 Å². The summed E-state index contributed by atoms with van der Waals surface area (Å²) < 4.78 is 78.3. The van der Waals surface area contributed by atoms with Gasteiger partial charge in [0.15, 0.2) is 0 Å². The molecule has 0 fully saturated rings. The maximum absolute atomic E-state index is 13.2. The fourth-order valence-electron chi connectivity index (χ4n) is 3.19. The first-order valence-corrected chi connectivity index (χ1v) is 11.4. The zero-order valence-corrected chi connectivity index (χ0v) is 20.9. The second-order valence-corrected chi connectivity index (χ2v) is 8.19. The maximum Gasteiger partial charge on any atom is 0.416 e. The minimum atomic E-state index is -4.67. The topological polar surface area (TPSA) is 65.0 Å². The molecule has 0 aliphatic rings. The molecule has 0 aromatic heterocycles. The van der Waals surface area contributed by atoms with E-state index in [1.165, 1.54) is 18.0 Å². The number of carbonyl (C=O) groups is 2. The van der Waals surface area contributed by atoms with Crippen molar-refractivity contribution in [1.82, 2.24) is 15.1 Å². The third-order valence-electron chi connectivity index (χ3n) is 5.34. The number of nitrogens with one attached hydrogen (secondary N) is 1. The van der Waals surface area contributed by atoms with E-state index in [0.29, 0.717) is 6.42 Å². The molecule has 1 N–H and O–H groups in total. The highest BCUT2D eigenvalue weighted by atomic mass is 19.4. The summed E-state index contributed by atoms with van der Waals surface area (Å²) in [6.07, 6.45) is -3.72. The van der Waals surface area contributed by atoms with Crippen molar-refractivity contribution in [1.29, 1.82) is 0 Å². The molecule has 208 valence electrons. The van der Waals surface area contributed by atoms with Crippen LogP contribution in [0.4, 0.5) is 36.8 Å². The molecule has 0 atom stereocenters. The van der Waals surface area contributed by atoms with Gasteiger partial charge in [-0.15, -0.1) is 0 Å². The third-order valence-corrected chi connectivity index (χ3v) is 5.34. The molecule has 0 saturated heterocycles. The minimum Gasteiger partial charge on any atom is -0.327 e. The first-order valence-electron chi connectivity index (χ1n) is 11.4. The number of guanidine groups is 1. The number of amides is 3. The first kappa shape index (κ1) is 30.9. The number of allylic oxidation sites excluding steroid dienone is 3. The summed E-state index contributed by atoms with van der Waals surface area (Å²) in [7, 11) is 1.45. The smallest absolute Gasteiger partial charge is 0.327 e. The van der Waals surface area contributed by atoms with Gasteiger partial charge in [-0.1, -0.05) is 49.6 Å². The van der Waals surface area contributed by atoms with Gasteiger partial charge < -0.3 is 4.90 Å². The zero-order valence-electron chi connectivity index (χ0n) is 20.9. The van der Waals surface area contributed by atoms with Gasteiger partial charge in [-0.2, -0.15) is 26.3 Å². The standard InChI is InChI=1S/C27H26F6N4O2/c1-4-7-19(5-2)14-15-36(3)25(39)35-24(34-23-9-6-8-22(16-23)27(31,32)33)37(18-38)17-20-10-12-21(13-11-20)26(28,29)30/h4-13,16,18H,1-2,14-15,17H2,3H3,(H,34,35,39)/b19-7+. The second-order valence-electron chi connectivity index (χ2n) is 8.19. The van der Waals surface area contributed by atoms with E-state index in [9.17, 15) is 35.9 Å². The summed E-state index contributed by atoms with van der Waals surface area (Å²) in [5.41, 5.74) is -1.08. The van der Waals surface area contributed by atoms with Crippen LogP contribution in [0.25, 0.3) is 0 Å². The van der Waals surface area contributed by atoms with Crippen LogP contribution >= 0.6 is 0 Å². The Balaban J connectivity index is 2.38. The van der Waals surface area contributed by atoms with Gasteiger partial charge in [-0.05, 0) is 47.9 Å². The van der Waals surface area contributed by atoms with Crippen LogP contribution in [0.3, 0.4) is 0 Å². The minimum absolute atomic E-state index is 0.203. The van der Waals surface area contributed by atoms with Gasteiger partial charge >= 0.3 is 18.4 Å². The lowest BCUT2D eigenvalue weighted by molar-refractivity contribution is -0.138. The van der Waals surface area contributed by atoms with Crippen molar-refractivity contribution in [2.24, 2.45) is 4.99 Å². The highest BCUT2D eigenvalue weighted by molar-refractivity contribution is 6.01. The van der Waals surface area contributed by atoms with Gasteiger partial charge in [0, 0.05) is 13.6 Å². The van der Waals surface area contributed by atoms with Crippen LogP contribution < -0.4 is 5.32 Å². The molecule has 6 nitrogen and oxygen atoms in total. The summed E-state index contributed by atoms with van der Waals surface area (Å²) in [5, 5.41) is 2.41. The number of hydrogen-bond acceptors (Lipinski definition) is 3. The molecule has 2 aromatic carbocycles. The van der Waals surface area contributed by atoms with Crippen LogP contribution in [0, 0.1) is 0 Å². The van der Waals surface area contributed by atoms with Crippen LogP contribution in [0.15, 0.2) is 90.5 Å². The summed E-state index contributed by atoms with van der Waals surface area (Å²) in [5.74, 6) is -0.424. The molecule has 0 bridgehead atoms. The van der Waals surface area contributed by atoms with Gasteiger partial charge in [0.2, 0.25) is 12.4 Å². The molecule has 0 spiro atoms. The van der Waals surface area contributed by atoms with Crippen molar-refractivity contribution in [3.8, 4) is 0 Å². The molecule has 0 unspecified atom stereocenters. The lowest BCUT2D eigenvalue weighted by Gasteiger charge is -2.24. The van der Waals surface area contributed by atoms with Crippen molar-refractivity contribution >= 4 is 24.1 Å². The van der Waals surface area contributed by atoms with Gasteiger partial charge in [0.05, 0.1) is 23.4 Å². The lowest BCUT2D eigenvalue weighted by Crippen LogP contribution is -2.48. The summed E-state index contributed by atoms with van der Waals surface area (Å²) >= 11 is 0. The number of aliphatic imine (C=N–C) groups is 1. The average molecular weight is 553 g/mol. The monoisotopic (exact) mass is 552 g/mol. The molecule has 0 saturated carbocycles. The largest absolute Gasteiger partial charge is 0.416 e. The summed E-state index contributed by atoms with van der Waals surface area (Å²) in [4.78, 5) is 31.0. The Labute approximate surface area is 221 Å². The number of carbonyl (C=O) groups excluding carboxylic acids is 2. The molecule has 0 aliphatic carbocycles. The quantitative estimate of drug-likeness (QED) is 0.124. The van der Waals surface area contributed by atoms with E-state index in [1.54, 1.807) is 18.2 Å². The number of halogens is 6. The number of alkyl halides is 6. The van der Waals surface area contributed by atoms with Crippen LogP contribution in [0.5, 0.6) is 0 Å². The fraction of sp³-hybridized carbons (Fsp3) is 0.222. The number of rotatable bonds is 9. The van der Waals surface area contributed by atoms with Gasteiger partial charge in [-0.25, -0.2) is 9.79 Å². The molecule has 39 heavy (non-hydrogen) atoms. The molecular formula is C27H26F6N4O2. The normalized spacial score (nSPS) is 12.5. The average Bonchev–Trinajstić information content (AvgIpc) is 2.88.